The molecule has 0 N–H and O–H groups in total. The third kappa shape index (κ3) is 4.12. The van der Waals surface area contributed by atoms with Crippen LogP contribution in [0, 0.1) is 16.7 Å². The highest BCUT2D eigenvalue weighted by Crippen LogP contribution is 2.49. The lowest BCUT2D eigenvalue weighted by Crippen LogP contribution is -2.30. The monoisotopic (exact) mass is 214 g/mol. The van der Waals surface area contributed by atoms with Gasteiger partial charge in [0, 0.05) is 12.3 Å². The SMILES string of the molecule is CC(CC(C)(C)C)C1(CC(C)(C)C)OO1. The van der Waals surface area contributed by atoms with Crippen LogP contribution in [0.2, 0.25) is 0 Å². The highest BCUT2D eigenvalue weighted by atomic mass is 17.4. The van der Waals surface area contributed by atoms with Gasteiger partial charge < -0.3 is 0 Å². The molecule has 1 unspecified atom stereocenters. The van der Waals surface area contributed by atoms with Crippen molar-refractivity contribution >= 4 is 0 Å². The Balaban J connectivity index is 2.55. The van der Waals surface area contributed by atoms with Gasteiger partial charge in [0.1, 0.15) is 0 Å². The van der Waals surface area contributed by atoms with Gasteiger partial charge in [-0.2, -0.15) is 9.78 Å². The Bertz CT molecular complexity index is 216. The molecule has 1 aliphatic rings. The summed E-state index contributed by atoms with van der Waals surface area (Å²) >= 11 is 0. The van der Waals surface area contributed by atoms with Gasteiger partial charge in [0.15, 0.2) is 0 Å². The van der Waals surface area contributed by atoms with Crippen molar-refractivity contribution in [2.24, 2.45) is 16.7 Å². The van der Waals surface area contributed by atoms with E-state index in [4.69, 9.17) is 9.78 Å². The summed E-state index contributed by atoms with van der Waals surface area (Å²) < 4.78 is 0. The maximum Gasteiger partial charge on any atom is 0.237 e. The van der Waals surface area contributed by atoms with Crippen LogP contribution in [0.4, 0.5) is 0 Å². The van der Waals surface area contributed by atoms with E-state index in [1.54, 1.807) is 0 Å². The van der Waals surface area contributed by atoms with Crippen molar-refractivity contribution in [3.8, 4) is 0 Å². The van der Waals surface area contributed by atoms with Crippen LogP contribution in [-0.2, 0) is 9.78 Å². The molecule has 2 heteroatoms. The standard InChI is InChI=1S/C13H26O2/c1-10(8-11(2,3)4)13(14-15-13)9-12(5,6)7/h10H,8-9H2,1-7H3. The van der Waals surface area contributed by atoms with Gasteiger partial charge in [-0.15, -0.1) is 0 Å². The molecule has 2 nitrogen and oxygen atoms in total. The molecular formula is C13H26O2. The van der Waals surface area contributed by atoms with Crippen LogP contribution in [0.25, 0.3) is 0 Å². The van der Waals surface area contributed by atoms with E-state index in [1.165, 1.54) is 0 Å². The molecule has 0 aromatic heterocycles. The number of hydrogen-bond acceptors (Lipinski definition) is 2. The quantitative estimate of drug-likeness (QED) is 0.521. The number of hydrogen-bond donors (Lipinski definition) is 0. The van der Waals surface area contributed by atoms with Crippen molar-refractivity contribution in [1.82, 2.24) is 0 Å². The van der Waals surface area contributed by atoms with Gasteiger partial charge in [-0.3, -0.25) is 0 Å². The lowest BCUT2D eigenvalue weighted by molar-refractivity contribution is 0.0850. The normalized spacial score (nSPS) is 22.6. The summed E-state index contributed by atoms with van der Waals surface area (Å²) in [4.78, 5) is 10.6. The van der Waals surface area contributed by atoms with Crippen LogP contribution in [0.5, 0.6) is 0 Å². The second-order valence-corrected chi connectivity index (χ2v) is 7.38. The molecule has 1 rings (SSSR count). The third-order valence-electron chi connectivity index (χ3n) is 2.74. The summed E-state index contributed by atoms with van der Waals surface area (Å²) in [6.45, 7) is 15.7. The zero-order valence-electron chi connectivity index (χ0n) is 11.3. The molecular weight excluding hydrogens is 188 g/mol. The fourth-order valence-electron chi connectivity index (χ4n) is 2.26. The minimum Gasteiger partial charge on any atom is -0.195 e. The Labute approximate surface area is 94.3 Å². The van der Waals surface area contributed by atoms with Crippen molar-refractivity contribution in [3.63, 3.8) is 0 Å². The Morgan fingerprint density at radius 2 is 1.40 bits per heavy atom. The van der Waals surface area contributed by atoms with Gasteiger partial charge in [-0.05, 0) is 17.3 Å². The molecule has 0 radical (unpaired) electrons. The summed E-state index contributed by atoms with van der Waals surface area (Å²) in [6, 6.07) is 0. The van der Waals surface area contributed by atoms with Crippen molar-refractivity contribution in [3.05, 3.63) is 0 Å². The first-order valence-corrected chi connectivity index (χ1v) is 5.91. The van der Waals surface area contributed by atoms with Crippen molar-refractivity contribution < 1.29 is 9.78 Å². The molecule has 0 aromatic carbocycles. The first-order valence-electron chi connectivity index (χ1n) is 5.91. The molecule has 1 atom stereocenters. The Hall–Kier alpha value is -0.0800. The van der Waals surface area contributed by atoms with E-state index in [0.717, 1.165) is 12.8 Å². The van der Waals surface area contributed by atoms with E-state index in [9.17, 15) is 0 Å². The van der Waals surface area contributed by atoms with Gasteiger partial charge in [0.2, 0.25) is 5.79 Å². The Morgan fingerprint density at radius 3 is 1.67 bits per heavy atom. The van der Waals surface area contributed by atoms with Crippen LogP contribution >= 0.6 is 0 Å². The van der Waals surface area contributed by atoms with E-state index in [2.05, 4.69) is 48.5 Å². The predicted molar refractivity (Wildman–Crippen MR) is 62.2 cm³/mol. The summed E-state index contributed by atoms with van der Waals surface area (Å²) in [5, 5.41) is 0. The van der Waals surface area contributed by atoms with E-state index >= 15 is 0 Å². The third-order valence-corrected chi connectivity index (χ3v) is 2.74. The molecule has 1 aliphatic heterocycles. The van der Waals surface area contributed by atoms with Crippen LogP contribution < -0.4 is 0 Å². The molecule has 90 valence electrons. The van der Waals surface area contributed by atoms with Gasteiger partial charge in [-0.1, -0.05) is 48.5 Å². The summed E-state index contributed by atoms with van der Waals surface area (Å²) in [5.74, 6) is 0.155. The van der Waals surface area contributed by atoms with Crippen LogP contribution in [0.15, 0.2) is 0 Å². The maximum atomic E-state index is 5.28. The first kappa shape index (κ1) is 13.0. The summed E-state index contributed by atoms with van der Waals surface area (Å²) in [5.41, 5.74) is 0.586. The largest absolute Gasteiger partial charge is 0.237 e. The van der Waals surface area contributed by atoms with Crippen LogP contribution in [-0.4, -0.2) is 5.79 Å². The molecule has 0 saturated carbocycles. The maximum absolute atomic E-state index is 5.28. The zero-order valence-corrected chi connectivity index (χ0v) is 11.3. The molecule has 0 spiro atoms. The fourth-order valence-corrected chi connectivity index (χ4v) is 2.26. The van der Waals surface area contributed by atoms with Crippen molar-refractivity contribution in [1.29, 1.82) is 0 Å². The molecule has 1 fully saturated rings. The molecule has 15 heavy (non-hydrogen) atoms. The van der Waals surface area contributed by atoms with Gasteiger partial charge in [-0.25, -0.2) is 0 Å². The van der Waals surface area contributed by atoms with Crippen molar-refractivity contribution in [2.45, 2.75) is 67.1 Å². The second-order valence-electron chi connectivity index (χ2n) is 7.38. The van der Waals surface area contributed by atoms with Crippen LogP contribution in [0.3, 0.4) is 0 Å². The molecule has 0 aromatic rings. The lowest BCUT2D eigenvalue weighted by Gasteiger charge is -2.28. The Morgan fingerprint density at radius 1 is 0.933 bits per heavy atom. The summed E-state index contributed by atoms with van der Waals surface area (Å²) in [6.07, 6.45) is 2.10. The average molecular weight is 214 g/mol. The van der Waals surface area contributed by atoms with E-state index in [1.807, 2.05) is 0 Å². The number of rotatable bonds is 3. The predicted octanol–water partition coefficient (Wildman–Crippen LogP) is 4.15. The van der Waals surface area contributed by atoms with E-state index in [-0.39, 0.29) is 11.2 Å². The highest BCUT2D eigenvalue weighted by Gasteiger charge is 2.55. The molecule has 0 aliphatic carbocycles. The van der Waals surface area contributed by atoms with E-state index in [0.29, 0.717) is 11.3 Å². The lowest BCUT2D eigenvalue weighted by atomic mass is 9.77. The van der Waals surface area contributed by atoms with Gasteiger partial charge in [0.05, 0.1) is 0 Å². The van der Waals surface area contributed by atoms with Gasteiger partial charge in [0.25, 0.3) is 0 Å². The van der Waals surface area contributed by atoms with Crippen LogP contribution in [0.1, 0.15) is 61.3 Å². The first-order chi connectivity index (χ1) is 6.54. The molecule has 0 bridgehead atoms. The fraction of sp³-hybridized carbons (Fsp3) is 1.00. The Kier molecular flexibility index (Phi) is 3.24. The summed E-state index contributed by atoms with van der Waals surface area (Å²) in [7, 11) is 0. The minimum atomic E-state index is -0.300. The zero-order chi connectivity index (χ0) is 11.9. The second kappa shape index (κ2) is 3.74. The minimum absolute atomic E-state index is 0.253. The van der Waals surface area contributed by atoms with E-state index < -0.39 is 0 Å². The molecule has 0 amide bonds. The molecule has 1 saturated heterocycles. The van der Waals surface area contributed by atoms with Gasteiger partial charge >= 0.3 is 0 Å². The van der Waals surface area contributed by atoms with Crippen molar-refractivity contribution in [2.75, 3.05) is 0 Å². The smallest absolute Gasteiger partial charge is 0.195 e. The highest BCUT2D eigenvalue weighted by molar-refractivity contribution is 4.87. The average Bonchev–Trinajstić information content (AvgIpc) is 2.61. The topological polar surface area (TPSA) is 25.1 Å². The molecule has 1 heterocycles.